The molecule has 0 radical (unpaired) electrons. The number of aliphatic carboxylic acids is 3. The Bertz CT molecular complexity index is 231. The second-order valence-corrected chi connectivity index (χ2v) is 2.65. The van der Waals surface area contributed by atoms with Gasteiger partial charge in [-0.05, 0) is 14.0 Å². The highest BCUT2D eigenvalue weighted by Gasteiger charge is 1.99. The maximum atomic E-state index is 9.57. The van der Waals surface area contributed by atoms with E-state index in [-0.39, 0.29) is 13.1 Å². The minimum atomic E-state index is -0.968. The van der Waals surface area contributed by atoms with Crippen LogP contribution in [0.1, 0.15) is 6.92 Å². The van der Waals surface area contributed by atoms with Crippen LogP contribution in [0.4, 0.5) is 0 Å². The van der Waals surface area contributed by atoms with Gasteiger partial charge in [0, 0.05) is 0 Å². The number of hydrogen-bond acceptors (Lipinski definition) is 6. The Balaban J connectivity index is -0.000000174. The highest BCUT2D eigenvalue weighted by atomic mass is 16.4. The Morgan fingerprint density at radius 1 is 1.18 bits per heavy atom. The maximum absolute atomic E-state index is 9.57. The van der Waals surface area contributed by atoms with Crippen molar-refractivity contribution in [1.29, 1.82) is 0 Å². The number of likely N-dealkylation sites (N-methyl/N-ethyl adjacent to an activating group) is 1. The molecule has 9 heteroatoms. The molecule has 0 aromatic rings. The lowest BCUT2D eigenvalue weighted by Crippen LogP contribution is -2.25. The number of carboxylic acids is 3. The Hall–Kier alpha value is -1.71. The van der Waals surface area contributed by atoms with Crippen LogP contribution in [-0.4, -0.2) is 59.4 Å². The van der Waals surface area contributed by atoms with Crippen LogP contribution in [0.15, 0.2) is 0 Å². The molecule has 0 rings (SSSR count). The summed E-state index contributed by atoms with van der Waals surface area (Å²) in [6.07, 6.45) is 0. The molecule has 9 nitrogen and oxygen atoms in total. The van der Waals surface area contributed by atoms with Crippen LogP contribution in [-0.2, 0) is 14.4 Å². The van der Waals surface area contributed by atoms with Gasteiger partial charge in [-0.2, -0.15) is 0 Å². The Labute approximate surface area is 98.4 Å². The highest BCUT2D eigenvalue weighted by Crippen LogP contribution is 1.68. The van der Waals surface area contributed by atoms with Gasteiger partial charge in [0.15, 0.2) is 0 Å². The Morgan fingerprint density at radius 3 is 1.47 bits per heavy atom. The predicted molar refractivity (Wildman–Crippen MR) is 59.5 cm³/mol. The van der Waals surface area contributed by atoms with E-state index in [1.165, 1.54) is 6.92 Å². The van der Waals surface area contributed by atoms with Crippen molar-refractivity contribution in [3.63, 3.8) is 0 Å². The van der Waals surface area contributed by atoms with Crippen molar-refractivity contribution in [1.82, 2.24) is 5.32 Å². The molecule has 0 spiro atoms. The first-order chi connectivity index (χ1) is 7.68. The van der Waals surface area contributed by atoms with E-state index in [9.17, 15) is 14.4 Å². The predicted octanol–water partition coefficient (Wildman–Crippen LogP) is -2.26. The molecule has 0 aromatic heterocycles. The molecule has 0 heterocycles. The highest BCUT2D eigenvalue weighted by molar-refractivity contribution is 5.72. The van der Waals surface area contributed by atoms with E-state index < -0.39 is 23.9 Å². The first-order valence-corrected chi connectivity index (χ1v) is 4.45. The quantitative estimate of drug-likeness (QED) is 0.322. The molecule has 0 aliphatic carbocycles. The molecule has 8 N–H and O–H groups in total. The lowest BCUT2D eigenvalue weighted by atomic mass is 10.4. The molecule has 0 fully saturated rings. The molecule has 0 saturated carbocycles. The van der Waals surface area contributed by atoms with Gasteiger partial charge in [0.1, 0.15) is 6.04 Å². The summed E-state index contributed by atoms with van der Waals surface area (Å²) in [4.78, 5) is 28.4. The molecule has 0 aliphatic rings. The zero-order valence-corrected chi connectivity index (χ0v) is 9.71. The summed E-state index contributed by atoms with van der Waals surface area (Å²) in [5, 5.41) is 25.8. The maximum Gasteiger partial charge on any atom is 0.320 e. The SMILES string of the molecule is CNCC(=O)O.C[C@H](N)C(=O)O.NCC(=O)O. The summed E-state index contributed by atoms with van der Waals surface area (Å²) < 4.78 is 0. The van der Waals surface area contributed by atoms with Gasteiger partial charge in [0.05, 0.1) is 13.1 Å². The van der Waals surface area contributed by atoms with Gasteiger partial charge in [-0.15, -0.1) is 0 Å². The lowest BCUT2D eigenvalue weighted by Gasteiger charge is -1.90. The summed E-state index contributed by atoms with van der Waals surface area (Å²) >= 11 is 0. The minimum absolute atomic E-state index is 0.0417. The van der Waals surface area contributed by atoms with Crippen LogP contribution in [0.5, 0.6) is 0 Å². The molecular formula is C8H19N3O6. The van der Waals surface area contributed by atoms with Gasteiger partial charge >= 0.3 is 17.9 Å². The van der Waals surface area contributed by atoms with Crippen LogP contribution in [0, 0.1) is 0 Å². The summed E-state index contributed by atoms with van der Waals surface area (Å²) in [6, 6.07) is -0.731. The van der Waals surface area contributed by atoms with E-state index in [1.54, 1.807) is 7.05 Å². The van der Waals surface area contributed by atoms with Gasteiger partial charge in [-0.25, -0.2) is 0 Å². The van der Waals surface area contributed by atoms with Crippen molar-refractivity contribution in [2.24, 2.45) is 11.5 Å². The van der Waals surface area contributed by atoms with E-state index in [0.29, 0.717) is 0 Å². The van der Waals surface area contributed by atoms with Crippen LogP contribution in [0.3, 0.4) is 0 Å². The number of nitrogens with one attached hydrogen (secondary N) is 1. The summed E-state index contributed by atoms with van der Waals surface area (Å²) in [6.45, 7) is 1.18. The van der Waals surface area contributed by atoms with Crippen LogP contribution in [0.25, 0.3) is 0 Å². The summed E-state index contributed by atoms with van der Waals surface area (Å²) in [7, 11) is 1.59. The zero-order valence-electron chi connectivity index (χ0n) is 9.71. The fourth-order valence-electron chi connectivity index (χ4n) is 0.151. The molecule has 1 atom stereocenters. The van der Waals surface area contributed by atoms with Crippen LogP contribution in [0.2, 0.25) is 0 Å². The number of carbonyl (C=O) groups is 3. The van der Waals surface area contributed by atoms with E-state index in [0.717, 1.165) is 0 Å². The van der Waals surface area contributed by atoms with E-state index >= 15 is 0 Å². The third-order valence-electron chi connectivity index (χ3n) is 0.892. The van der Waals surface area contributed by atoms with Crippen LogP contribution < -0.4 is 16.8 Å². The van der Waals surface area contributed by atoms with Gasteiger partial charge in [-0.3, -0.25) is 14.4 Å². The molecule has 0 aliphatic heterocycles. The van der Waals surface area contributed by atoms with Crippen molar-refractivity contribution in [3.05, 3.63) is 0 Å². The van der Waals surface area contributed by atoms with Crippen molar-refractivity contribution < 1.29 is 29.7 Å². The lowest BCUT2D eigenvalue weighted by molar-refractivity contribution is -0.138. The van der Waals surface area contributed by atoms with E-state index in [1.807, 2.05) is 0 Å². The topological polar surface area (TPSA) is 176 Å². The van der Waals surface area contributed by atoms with Crippen molar-refractivity contribution in [2.45, 2.75) is 13.0 Å². The Kier molecular flexibility index (Phi) is 17.4. The molecule has 0 bridgehead atoms. The average Bonchev–Trinajstić information content (AvgIpc) is 2.19. The fraction of sp³-hybridized carbons (Fsp3) is 0.625. The van der Waals surface area contributed by atoms with Crippen molar-refractivity contribution in [3.8, 4) is 0 Å². The molecule has 0 saturated heterocycles. The van der Waals surface area contributed by atoms with Gasteiger partial charge in [0.2, 0.25) is 0 Å². The third kappa shape index (κ3) is 40.6. The third-order valence-corrected chi connectivity index (χ3v) is 0.892. The Morgan fingerprint density at radius 2 is 1.47 bits per heavy atom. The monoisotopic (exact) mass is 253 g/mol. The smallest absolute Gasteiger partial charge is 0.320 e. The second-order valence-electron chi connectivity index (χ2n) is 2.65. The number of carboxylic acid groups (broad SMARTS) is 3. The first kappa shape index (κ1) is 20.7. The largest absolute Gasteiger partial charge is 0.480 e. The number of nitrogens with two attached hydrogens (primary N) is 2. The van der Waals surface area contributed by atoms with Gasteiger partial charge in [0.25, 0.3) is 0 Å². The summed E-state index contributed by atoms with van der Waals surface area (Å²) in [5.41, 5.74) is 9.41. The average molecular weight is 253 g/mol. The fourth-order valence-corrected chi connectivity index (χ4v) is 0.151. The zero-order chi connectivity index (χ0) is 14.4. The van der Waals surface area contributed by atoms with Crippen molar-refractivity contribution >= 4 is 17.9 Å². The molecular weight excluding hydrogens is 234 g/mol. The molecule has 17 heavy (non-hydrogen) atoms. The van der Waals surface area contributed by atoms with E-state index in [4.69, 9.17) is 21.1 Å². The molecule has 0 unspecified atom stereocenters. The van der Waals surface area contributed by atoms with Gasteiger partial charge in [-0.1, -0.05) is 0 Å². The first-order valence-electron chi connectivity index (χ1n) is 4.45. The standard InChI is InChI=1S/2C3H7NO2.C2H5NO2/c1-4-2-3(5)6;1-2(4)3(5)6;3-1-2(4)5/h4H,2H2,1H3,(H,5,6);2H,4H2,1H3,(H,5,6);1,3H2,(H,4,5)/t;2-;/m.0./s1. The summed E-state index contributed by atoms with van der Waals surface area (Å²) in [5.74, 6) is -2.75. The van der Waals surface area contributed by atoms with E-state index in [2.05, 4.69) is 11.1 Å². The normalized spacial score (nSPS) is 9.88. The number of rotatable bonds is 4. The number of hydrogen-bond donors (Lipinski definition) is 6. The molecule has 0 amide bonds. The second kappa shape index (κ2) is 14.3. The van der Waals surface area contributed by atoms with Gasteiger partial charge < -0.3 is 32.1 Å². The minimum Gasteiger partial charge on any atom is -0.480 e. The molecule has 0 aromatic carbocycles. The molecule has 102 valence electrons. The van der Waals surface area contributed by atoms with Crippen molar-refractivity contribution in [2.75, 3.05) is 20.1 Å². The van der Waals surface area contributed by atoms with Crippen LogP contribution >= 0.6 is 0 Å².